The molecule has 0 radical (unpaired) electrons. The molecule has 2 aromatic heterocycles. The van der Waals surface area contributed by atoms with Crippen LogP contribution in [0.25, 0.3) is 22.6 Å². The summed E-state index contributed by atoms with van der Waals surface area (Å²) in [6, 6.07) is 18.4. The van der Waals surface area contributed by atoms with E-state index in [-0.39, 0.29) is 4.90 Å². The second kappa shape index (κ2) is 8.89. The topological polar surface area (TPSA) is 131 Å². The van der Waals surface area contributed by atoms with Gasteiger partial charge in [0.1, 0.15) is 23.3 Å². The van der Waals surface area contributed by atoms with Gasteiger partial charge in [0.05, 0.1) is 27.7 Å². The van der Waals surface area contributed by atoms with Crippen LogP contribution in [0, 0.1) is 11.3 Å². The number of nitrogens with one attached hydrogen (secondary N) is 1. The molecule has 0 fully saturated rings. The third kappa shape index (κ3) is 4.66. The molecule has 0 atom stereocenters. The maximum Gasteiger partial charge on any atom is 0.175 e. The van der Waals surface area contributed by atoms with Gasteiger partial charge in [0.15, 0.2) is 27.2 Å². The van der Waals surface area contributed by atoms with Crippen LogP contribution in [0.4, 0.5) is 0 Å². The Bertz CT molecular complexity index is 1680. The van der Waals surface area contributed by atoms with Gasteiger partial charge in [0, 0.05) is 30.8 Å². The van der Waals surface area contributed by atoms with Crippen molar-refractivity contribution in [1.82, 2.24) is 19.9 Å². The molecule has 0 unspecified atom stereocenters. The van der Waals surface area contributed by atoms with Crippen molar-refractivity contribution in [2.75, 3.05) is 6.26 Å². The highest BCUT2D eigenvalue weighted by molar-refractivity contribution is 7.90. The standard InChI is InChI=1S/C25H17N5O4S/c1-35(31,32)18-8-6-17(7-9-18)33-23-12-19-20(30-25(29-19)21-15-27-10-11-28-21)13-24(23)34-22-5-3-2-4-16(22)14-26/h2-13,15H,1H3,(H,29,30). The Balaban J connectivity index is 1.59. The minimum absolute atomic E-state index is 0.182. The molecule has 2 heterocycles. The average Bonchev–Trinajstić information content (AvgIpc) is 3.28. The monoisotopic (exact) mass is 483 g/mol. The summed E-state index contributed by atoms with van der Waals surface area (Å²) in [6.07, 6.45) is 5.89. The van der Waals surface area contributed by atoms with E-state index in [1.807, 2.05) is 0 Å². The van der Waals surface area contributed by atoms with Crippen molar-refractivity contribution in [1.29, 1.82) is 5.26 Å². The quantitative estimate of drug-likeness (QED) is 0.362. The molecule has 0 aliphatic rings. The number of para-hydroxylation sites is 1. The van der Waals surface area contributed by atoms with Crippen molar-refractivity contribution in [2.24, 2.45) is 0 Å². The molecule has 9 nitrogen and oxygen atoms in total. The van der Waals surface area contributed by atoms with Crippen LogP contribution in [0.1, 0.15) is 5.56 Å². The van der Waals surface area contributed by atoms with E-state index < -0.39 is 9.84 Å². The predicted molar refractivity (Wildman–Crippen MR) is 128 cm³/mol. The third-order valence-corrected chi connectivity index (χ3v) is 6.19. The summed E-state index contributed by atoms with van der Waals surface area (Å²) in [5.41, 5.74) is 2.18. The summed E-state index contributed by atoms with van der Waals surface area (Å²) in [5, 5.41) is 9.45. The molecule has 0 saturated carbocycles. The normalized spacial score (nSPS) is 11.2. The van der Waals surface area contributed by atoms with Crippen molar-refractivity contribution in [3.05, 3.63) is 84.8 Å². The zero-order valence-corrected chi connectivity index (χ0v) is 19.2. The van der Waals surface area contributed by atoms with Crippen LogP contribution in [0.15, 0.2) is 84.1 Å². The van der Waals surface area contributed by atoms with E-state index in [4.69, 9.17) is 9.47 Å². The fraction of sp³-hybridized carbons (Fsp3) is 0.0400. The van der Waals surface area contributed by atoms with Gasteiger partial charge in [-0.2, -0.15) is 5.26 Å². The number of fused-ring (bicyclic) bond motifs is 1. The van der Waals surface area contributed by atoms with Crippen LogP contribution in [-0.2, 0) is 9.84 Å². The lowest BCUT2D eigenvalue weighted by Gasteiger charge is -2.13. The maximum atomic E-state index is 11.8. The van der Waals surface area contributed by atoms with E-state index in [2.05, 4.69) is 26.0 Å². The van der Waals surface area contributed by atoms with Crippen LogP contribution in [0.2, 0.25) is 0 Å². The van der Waals surface area contributed by atoms with Gasteiger partial charge in [0.2, 0.25) is 0 Å². The molecule has 1 N–H and O–H groups in total. The van der Waals surface area contributed by atoms with Gasteiger partial charge in [-0.25, -0.2) is 18.4 Å². The minimum atomic E-state index is -3.34. The Morgan fingerprint density at radius 3 is 2.43 bits per heavy atom. The first-order chi connectivity index (χ1) is 16.9. The molecule has 172 valence electrons. The molecule has 5 rings (SSSR count). The Hall–Kier alpha value is -4.75. The number of ether oxygens (including phenoxy) is 2. The number of nitriles is 1. The van der Waals surface area contributed by atoms with Crippen LogP contribution in [-0.4, -0.2) is 34.6 Å². The van der Waals surface area contributed by atoms with Gasteiger partial charge in [0.25, 0.3) is 0 Å². The van der Waals surface area contributed by atoms with Crippen molar-refractivity contribution >= 4 is 20.9 Å². The number of hydrogen-bond donors (Lipinski definition) is 1. The fourth-order valence-corrected chi connectivity index (χ4v) is 4.00. The Morgan fingerprint density at radius 1 is 0.943 bits per heavy atom. The zero-order valence-electron chi connectivity index (χ0n) is 18.3. The molecule has 0 aliphatic carbocycles. The smallest absolute Gasteiger partial charge is 0.175 e. The van der Waals surface area contributed by atoms with Crippen LogP contribution >= 0.6 is 0 Å². The molecule has 0 saturated heterocycles. The number of nitrogens with zero attached hydrogens (tertiary/aromatic N) is 4. The molecule has 0 bridgehead atoms. The van der Waals surface area contributed by atoms with Gasteiger partial charge in [-0.3, -0.25) is 4.98 Å². The summed E-state index contributed by atoms with van der Waals surface area (Å²) < 4.78 is 35.7. The Morgan fingerprint density at radius 2 is 1.71 bits per heavy atom. The van der Waals surface area contributed by atoms with E-state index in [1.165, 1.54) is 12.1 Å². The van der Waals surface area contributed by atoms with Gasteiger partial charge >= 0.3 is 0 Å². The highest BCUT2D eigenvalue weighted by Gasteiger charge is 2.16. The third-order valence-electron chi connectivity index (χ3n) is 5.06. The number of benzene rings is 3. The van der Waals surface area contributed by atoms with Crippen LogP contribution in [0.5, 0.6) is 23.0 Å². The number of sulfone groups is 1. The summed E-state index contributed by atoms with van der Waals surface area (Å²) in [5.74, 6) is 1.95. The fourth-order valence-electron chi connectivity index (χ4n) is 3.37. The molecule has 0 spiro atoms. The SMILES string of the molecule is CS(=O)(=O)c1ccc(Oc2cc3[nH]c(-c4cnccn4)nc3cc2Oc2ccccc2C#N)cc1. The average molecular weight is 484 g/mol. The van der Waals surface area contributed by atoms with Crippen molar-refractivity contribution in [3.63, 3.8) is 0 Å². The summed E-state index contributed by atoms with van der Waals surface area (Å²) in [6.45, 7) is 0. The summed E-state index contributed by atoms with van der Waals surface area (Å²) >= 11 is 0. The number of imidazole rings is 1. The Kier molecular flexibility index (Phi) is 5.60. The second-order valence-corrected chi connectivity index (χ2v) is 9.56. The van der Waals surface area contributed by atoms with Crippen molar-refractivity contribution in [2.45, 2.75) is 4.90 Å². The summed E-state index contributed by atoms with van der Waals surface area (Å²) in [7, 11) is -3.34. The number of aromatic amines is 1. The van der Waals surface area contributed by atoms with E-state index in [1.54, 1.807) is 67.1 Å². The maximum absolute atomic E-state index is 11.8. The molecule has 0 aliphatic heterocycles. The molecular formula is C25H17N5O4S. The van der Waals surface area contributed by atoms with Gasteiger partial charge in [-0.1, -0.05) is 12.1 Å². The van der Waals surface area contributed by atoms with E-state index >= 15 is 0 Å². The first-order valence-corrected chi connectivity index (χ1v) is 12.2. The number of hydrogen-bond acceptors (Lipinski definition) is 8. The lowest BCUT2D eigenvalue weighted by atomic mass is 10.2. The number of aromatic nitrogens is 4. The predicted octanol–water partition coefficient (Wildman–Crippen LogP) is 4.88. The minimum Gasteiger partial charge on any atom is -0.453 e. The lowest BCUT2D eigenvalue weighted by Crippen LogP contribution is -1.97. The Labute approximate surface area is 200 Å². The van der Waals surface area contributed by atoms with Crippen LogP contribution in [0.3, 0.4) is 0 Å². The van der Waals surface area contributed by atoms with Crippen molar-refractivity contribution in [3.8, 4) is 40.6 Å². The van der Waals surface area contributed by atoms with Crippen molar-refractivity contribution < 1.29 is 17.9 Å². The highest BCUT2D eigenvalue weighted by atomic mass is 32.2. The first kappa shape index (κ1) is 22.1. The van der Waals surface area contributed by atoms with Gasteiger partial charge in [-0.15, -0.1) is 0 Å². The number of rotatable bonds is 6. The molecule has 0 amide bonds. The molecule has 35 heavy (non-hydrogen) atoms. The molecular weight excluding hydrogens is 466 g/mol. The lowest BCUT2D eigenvalue weighted by molar-refractivity contribution is 0.419. The highest BCUT2D eigenvalue weighted by Crippen LogP contribution is 2.39. The molecule has 10 heteroatoms. The van der Waals surface area contributed by atoms with Gasteiger partial charge in [-0.05, 0) is 36.4 Å². The zero-order chi connectivity index (χ0) is 24.4. The molecule has 5 aromatic rings. The first-order valence-electron chi connectivity index (χ1n) is 10.4. The largest absolute Gasteiger partial charge is 0.453 e. The van der Waals surface area contributed by atoms with E-state index in [9.17, 15) is 13.7 Å². The van der Waals surface area contributed by atoms with Gasteiger partial charge < -0.3 is 14.5 Å². The summed E-state index contributed by atoms with van der Waals surface area (Å²) in [4.78, 5) is 16.3. The van der Waals surface area contributed by atoms with E-state index in [0.29, 0.717) is 51.1 Å². The van der Waals surface area contributed by atoms with Crippen LogP contribution < -0.4 is 9.47 Å². The second-order valence-electron chi connectivity index (χ2n) is 7.55. The van der Waals surface area contributed by atoms with E-state index in [0.717, 1.165) is 6.26 Å². The molecule has 3 aromatic carbocycles. The number of H-pyrrole nitrogens is 1.